The first-order valence-corrected chi connectivity index (χ1v) is 8.85. The number of nitrogens with one attached hydrogen (secondary N) is 1. The maximum Gasteiger partial charge on any atom is 0.255 e. The molecule has 0 bridgehead atoms. The molecule has 0 saturated carbocycles. The Morgan fingerprint density at radius 2 is 1.88 bits per heavy atom. The standard InChI is InChI=1S/C20H27N3O2/c1-6-16-14(5)19(15-10-8-9-11-17(15)22-16)20(25)23(7-2)12-18(24)21-13(3)4/h8-11,13H,6-7,12H2,1-5H3,(H,21,24). The summed E-state index contributed by atoms with van der Waals surface area (Å²) in [5.74, 6) is -0.260. The highest BCUT2D eigenvalue weighted by Gasteiger charge is 2.23. The van der Waals surface area contributed by atoms with Crippen LogP contribution in [0, 0.1) is 6.92 Å². The summed E-state index contributed by atoms with van der Waals surface area (Å²) < 4.78 is 0. The molecular formula is C20H27N3O2. The first-order valence-electron chi connectivity index (χ1n) is 8.85. The van der Waals surface area contributed by atoms with Crippen LogP contribution in [0.25, 0.3) is 10.9 Å². The molecular weight excluding hydrogens is 314 g/mol. The van der Waals surface area contributed by atoms with Gasteiger partial charge in [-0.15, -0.1) is 0 Å². The number of likely N-dealkylation sites (N-methyl/N-ethyl adjacent to an activating group) is 1. The molecule has 5 heteroatoms. The molecule has 0 radical (unpaired) electrons. The van der Waals surface area contributed by atoms with Crippen molar-refractivity contribution in [3.05, 3.63) is 41.1 Å². The summed E-state index contributed by atoms with van der Waals surface area (Å²) in [6.07, 6.45) is 0.761. The molecule has 0 saturated heterocycles. The van der Waals surface area contributed by atoms with Crippen LogP contribution in [0.2, 0.25) is 0 Å². The van der Waals surface area contributed by atoms with Gasteiger partial charge >= 0.3 is 0 Å². The molecule has 0 aliphatic carbocycles. The number of benzene rings is 1. The number of hydrogen-bond donors (Lipinski definition) is 1. The van der Waals surface area contributed by atoms with Crippen LogP contribution in [0.4, 0.5) is 0 Å². The summed E-state index contributed by atoms with van der Waals surface area (Å²) in [5, 5.41) is 3.68. The summed E-state index contributed by atoms with van der Waals surface area (Å²) >= 11 is 0. The second kappa shape index (κ2) is 8.10. The topological polar surface area (TPSA) is 62.3 Å². The van der Waals surface area contributed by atoms with Crippen LogP contribution in [0.3, 0.4) is 0 Å². The molecule has 134 valence electrons. The van der Waals surface area contributed by atoms with Gasteiger partial charge in [-0.25, -0.2) is 0 Å². The van der Waals surface area contributed by atoms with Gasteiger partial charge in [-0.05, 0) is 45.7 Å². The molecule has 0 fully saturated rings. The zero-order valence-electron chi connectivity index (χ0n) is 15.7. The summed E-state index contributed by atoms with van der Waals surface area (Å²) in [4.78, 5) is 31.6. The zero-order chi connectivity index (χ0) is 18.6. The minimum absolute atomic E-state index is 0.0523. The molecule has 0 unspecified atom stereocenters. The lowest BCUT2D eigenvalue weighted by Crippen LogP contribution is -2.43. The average molecular weight is 341 g/mol. The zero-order valence-corrected chi connectivity index (χ0v) is 15.7. The van der Waals surface area contributed by atoms with Gasteiger partial charge in [0.25, 0.3) is 5.91 Å². The number of pyridine rings is 1. The largest absolute Gasteiger partial charge is 0.352 e. The maximum atomic E-state index is 13.2. The third-order valence-electron chi connectivity index (χ3n) is 4.24. The number of amides is 2. The van der Waals surface area contributed by atoms with E-state index in [9.17, 15) is 9.59 Å². The number of carbonyl (C=O) groups excluding carboxylic acids is 2. The molecule has 5 nitrogen and oxygen atoms in total. The van der Waals surface area contributed by atoms with E-state index in [4.69, 9.17) is 0 Å². The van der Waals surface area contributed by atoms with Crippen LogP contribution in [-0.4, -0.2) is 40.8 Å². The van der Waals surface area contributed by atoms with Gasteiger partial charge in [-0.2, -0.15) is 0 Å². The number of carbonyl (C=O) groups is 2. The van der Waals surface area contributed by atoms with Gasteiger partial charge in [0, 0.05) is 23.7 Å². The monoisotopic (exact) mass is 341 g/mol. The fourth-order valence-electron chi connectivity index (χ4n) is 3.00. The Labute approximate surface area is 149 Å². The Kier molecular flexibility index (Phi) is 6.12. The first-order chi connectivity index (χ1) is 11.9. The second-order valence-corrected chi connectivity index (χ2v) is 6.47. The third kappa shape index (κ3) is 4.16. The van der Waals surface area contributed by atoms with Gasteiger partial charge in [0.15, 0.2) is 0 Å². The van der Waals surface area contributed by atoms with Crippen molar-refractivity contribution in [2.75, 3.05) is 13.1 Å². The van der Waals surface area contributed by atoms with Crippen LogP contribution in [-0.2, 0) is 11.2 Å². The van der Waals surface area contributed by atoms with E-state index in [2.05, 4.69) is 10.3 Å². The number of aromatic nitrogens is 1. The van der Waals surface area contributed by atoms with Gasteiger partial charge in [0.05, 0.1) is 17.6 Å². The molecule has 0 spiro atoms. The summed E-state index contributed by atoms with van der Waals surface area (Å²) in [6, 6.07) is 7.73. The fraction of sp³-hybridized carbons (Fsp3) is 0.450. The molecule has 1 heterocycles. The Bertz CT molecular complexity index is 784. The van der Waals surface area contributed by atoms with Crippen LogP contribution < -0.4 is 5.32 Å². The molecule has 0 atom stereocenters. The summed E-state index contributed by atoms with van der Waals surface area (Å²) in [6.45, 7) is 10.2. The van der Waals surface area contributed by atoms with Crippen molar-refractivity contribution in [3.8, 4) is 0 Å². The van der Waals surface area contributed by atoms with Gasteiger partial charge < -0.3 is 10.2 Å². The van der Waals surface area contributed by atoms with Crippen LogP contribution in [0.15, 0.2) is 24.3 Å². The van der Waals surface area contributed by atoms with E-state index in [0.29, 0.717) is 12.1 Å². The van der Waals surface area contributed by atoms with E-state index in [1.54, 1.807) is 4.90 Å². The van der Waals surface area contributed by atoms with Crippen molar-refractivity contribution in [2.24, 2.45) is 0 Å². The van der Waals surface area contributed by atoms with E-state index in [1.807, 2.05) is 58.9 Å². The summed E-state index contributed by atoms with van der Waals surface area (Å²) in [7, 11) is 0. The van der Waals surface area contributed by atoms with E-state index >= 15 is 0 Å². The minimum Gasteiger partial charge on any atom is -0.352 e. The van der Waals surface area contributed by atoms with Crippen molar-refractivity contribution < 1.29 is 9.59 Å². The number of hydrogen-bond acceptors (Lipinski definition) is 3. The number of fused-ring (bicyclic) bond motifs is 1. The number of nitrogens with zero attached hydrogens (tertiary/aromatic N) is 2. The van der Waals surface area contributed by atoms with Crippen molar-refractivity contribution >= 4 is 22.7 Å². The van der Waals surface area contributed by atoms with Crippen molar-refractivity contribution in [1.29, 1.82) is 0 Å². The normalized spacial score (nSPS) is 11.0. The molecule has 25 heavy (non-hydrogen) atoms. The van der Waals surface area contributed by atoms with Crippen LogP contribution in [0.5, 0.6) is 0 Å². The predicted molar refractivity (Wildman–Crippen MR) is 101 cm³/mol. The molecule has 0 aliphatic heterocycles. The highest BCUT2D eigenvalue weighted by molar-refractivity contribution is 6.08. The number of aryl methyl sites for hydroxylation is 1. The Morgan fingerprint density at radius 3 is 2.48 bits per heavy atom. The lowest BCUT2D eigenvalue weighted by molar-refractivity contribution is -0.122. The first kappa shape index (κ1) is 18.9. The quantitative estimate of drug-likeness (QED) is 0.878. The van der Waals surface area contributed by atoms with Crippen LogP contribution in [0.1, 0.15) is 49.3 Å². The Morgan fingerprint density at radius 1 is 1.20 bits per heavy atom. The molecule has 2 rings (SSSR count). The molecule has 1 aromatic carbocycles. The van der Waals surface area contributed by atoms with Gasteiger partial charge in [-0.3, -0.25) is 14.6 Å². The van der Waals surface area contributed by atoms with Crippen molar-refractivity contribution in [2.45, 2.75) is 47.1 Å². The predicted octanol–water partition coefficient (Wildman–Crippen LogP) is 3.09. The van der Waals surface area contributed by atoms with E-state index in [-0.39, 0.29) is 24.4 Å². The van der Waals surface area contributed by atoms with Crippen molar-refractivity contribution in [1.82, 2.24) is 15.2 Å². The second-order valence-electron chi connectivity index (χ2n) is 6.47. The molecule has 2 aromatic rings. The summed E-state index contributed by atoms with van der Waals surface area (Å²) in [5.41, 5.74) is 3.29. The highest BCUT2D eigenvalue weighted by atomic mass is 16.2. The van der Waals surface area contributed by atoms with Gasteiger partial charge in [-0.1, -0.05) is 25.1 Å². The molecule has 2 amide bonds. The van der Waals surface area contributed by atoms with Crippen LogP contribution >= 0.6 is 0 Å². The lowest BCUT2D eigenvalue weighted by atomic mass is 9.99. The van der Waals surface area contributed by atoms with E-state index in [0.717, 1.165) is 28.6 Å². The van der Waals surface area contributed by atoms with E-state index < -0.39 is 0 Å². The SMILES string of the molecule is CCc1nc2ccccc2c(C(=O)N(CC)CC(=O)NC(C)C)c1C. The average Bonchev–Trinajstić information content (AvgIpc) is 2.58. The molecule has 1 aromatic heterocycles. The van der Waals surface area contributed by atoms with Gasteiger partial charge in [0.2, 0.25) is 5.91 Å². The van der Waals surface area contributed by atoms with Gasteiger partial charge in [0.1, 0.15) is 0 Å². The lowest BCUT2D eigenvalue weighted by Gasteiger charge is -2.23. The Hall–Kier alpha value is -2.43. The molecule has 1 N–H and O–H groups in total. The maximum absolute atomic E-state index is 13.2. The smallest absolute Gasteiger partial charge is 0.255 e. The van der Waals surface area contributed by atoms with E-state index in [1.165, 1.54) is 0 Å². The third-order valence-corrected chi connectivity index (χ3v) is 4.24. The number of rotatable bonds is 6. The molecule has 0 aliphatic rings. The highest BCUT2D eigenvalue weighted by Crippen LogP contribution is 2.25. The fourth-order valence-corrected chi connectivity index (χ4v) is 3.00. The number of para-hydroxylation sites is 1. The minimum atomic E-state index is -0.142. The van der Waals surface area contributed by atoms with Crippen molar-refractivity contribution in [3.63, 3.8) is 0 Å². The Balaban J connectivity index is 2.46.